The lowest BCUT2D eigenvalue weighted by Crippen LogP contribution is -2.18. The number of rotatable bonds is 4. The Bertz CT molecular complexity index is 1010. The lowest BCUT2D eigenvalue weighted by molar-refractivity contribution is 0.0911. The quantitative estimate of drug-likeness (QED) is 0.391. The number of hydrogen-bond acceptors (Lipinski definition) is 6. The normalized spacial score (nSPS) is 11.1. The Morgan fingerprint density at radius 1 is 1.33 bits per heavy atom. The van der Waals surface area contributed by atoms with E-state index in [1.165, 1.54) is 24.4 Å². The molecule has 0 saturated heterocycles. The van der Waals surface area contributed by atoms with Crippen LogP contribution in [0, 0.1) is 5.82 Å². The van der Waals surface area contributed by atoms with Crippen molar-refractivity contribution in [2.75, 3.05) is 0 Å². The van der Waals surface area contributed by atoms with Crippen molar-refractivity contribution in [1.82, 2.24) is 15.6 Å². The molecule has 0 bridgehead atoms. The minimum atomic E-state index is -0.783. The number of phenolic OH excluding ortho intramolecular Hbond substituents is 1. The Labute approximate surface area is 173 Å². The van der Waals surface area contributed by atoms with Gasteiger partial charge in [-0.1, -0.05) is 22.8 Å². The van der Waals surface area contributed by atoms with Crippen LogP contribution in [0.1, 0.15) is 16.2 Å². The smallest absolute Gasteiger partial charge is 0.329 e. The van der Waals surface area contributed by atoms with Crippen molar-refractivity contribution < 1.29 is 18.8 Å². The number of carbonyl (C=O) groups excluding carboxylic acids is 1. The van der Waals surface area contributed by atoms with Crippen LogP contribution < -0.4 is 5.43 Å². The third kappa shape index (κ3) is 4.34. The van der Waals surface area contributed by atoms with Gasteiger partial charge in [-0.15, -0.1) is 0 Å². The second-order valence-electron chi connectivity index (χ2n) is 5.05. The maximum Gasteiger partial charge on any atom is 0.329 e. The van der Waals surface area contributed by atoms with Gasteiger partial charge < -0.3 is 9.63 Å². The van der Waals surface area contributed by atoms with Gasteiger partial charge in [0.25, 0.3) is 0 Å². The summed E-state index contributed by atoms with van der Waals surface area (Å²) in [6.45, 7) is 0. The molecule has 0 aliphatic heterocycles. The molecule has 0 aliphatic carbocycles. The lowest BCUT2D eigenvalue weighted by Gasteiger charge is -2.01. The number of carbonyl (C=O) groups is 1. The molecule has 0 radical (unpaired) electrons. The topological polar surface area (TPSA) is 101 Å². The average Bonchev–Trinajstić information content (AvgIpc) is 3.09. The summed E-state index contributed by atoms with van der Waals surface area (Å²) in [7, 11) is 0. The third-order valence-corrected chi connectivity index (χ3v) is 4.75. The number of nitrogens with zero attached hydrogens (tertiary/aromatic N) is 3. The molecule has 1 aromatic heterocycles. The zero-order chi connectivity index (χ0) is 19.6. The van der Waals surface area contributed by atoms with E-state index in [1.54, 1.807) is 12.1 Å². The summed E-state index contributed by atoms with van der Waals surface area (Å²) in [6, 6.07) is 7.29. The Hall–Kier alpha value is -2.30. The number of amides is 1. The third-order valence-electron chi connectivity index (χ3n) is 3.23. The monoisotopic (exact) mass is 516 g/mol. The minimum Gasteiger partial charge on any atom is -0.506 e. The van der Waals surface area contributed by atoms with Crippen molar-refractivity contribution in [2.24, 2.45) is 5.10 Å². The molecule has 0 fully saturated rings. The first-order valence-corrected chi connectivity index (χ1v) is 9.12. The van der Waals surface area contributed by atoms with E-state index in [4.69, 9.17) is 16.1 Å². The van der Waals surface area contributed by atoms with Crippen LogP contribution in [-0.4, -0.2) is 27.4 Å². The number of aromatic nitrogens is 2. The molecule has 0 spiro atoms. The summed E-state index contributed by atoms with van der Waals surface area (Å²) in [5.74, 6) is -1.94. The fraction of sp³-hybridized carbons (Fsp3) is 0. The largest absolute Gasteiger partial charge is 0.506 e. The maximum atomic E-state index is 13.9. The number of hydrogen-bond donors (Lipinski definition) is 2. The first-order chi connectivity index (χ1) is 12.9. The van der Waals surface area contributed by atoms with Crippen LogP contribution >= 0.6 is 43.5 Å². The molecule has 2 N–H and O–H groups in total. The highest BCUT2D eigenvalue weighted by atomic mass is 79.9. The van der Waals surface area contributed by atoms with E-state index in [2.05, 4.69) is 52.5 Å². The molecule has 2 aromatic carbocycles. The summed E-state index contributed by atoms with van der Waals surface area (Å²) in [6.07, 6.45) is 1.35. The highest BCUT2D eigenvalue weighted by Crippen LogP contribution is 2.32. The van der Waals surface area contributed by atoms with Crippen LogP contribution in [0.25, 0.3) is 11.4 Å². The zero-order valence-electron chi connectivity index (χ0n) is 13.1. The van der Waals surface area contributed by atoms with E-state index < -0.39 is 17.6 Å². The molecule has 1 heterocycles. The molecule has 0 unspecified atom stereocenters. The van der Waals surface area contributed by atoms with Gasteiger partial charge in [0, 0.05) is 0 Å². The molecule has 138 valence electrons. The SMILES string of the molecule is O=C(N/N=C/c1cc(Br)c(O)c(Br)c1)c1nc(-c2c(F)cccc2Cl)no1. The molecule has 11 heteroatoms. The van der Waals surface area contributed by atoms with E-state index in [-0.39, 0.29) is 22.2 Å². The van der Waals surface area contributed by atoms with Crippen LogP contribution in [0.2, 0.25) is 5.02 Å². The molecule has 0 aliphatic rings. The second kappa shape index (κ2) is 8.15. The Morgan fingerprint density at radius 2 is 2.04 bits per heavy atom. The molecule has 0 atom stereocenters. The maximum absolute atomic E-state index is 13.9. The van der Waals surface area contributed by atoms with Crippen molar-refractivity contribution in [3.05, 3.63) is 61.6 Å². The Kier molecular flexibility index (Phi) is 5.88. The van der Waals surface area contributed by atoms with Crippen LogP contribution in [-0.2, 0) is 0 Å². The number of nitrogens with one attached hydrogen (secondary N) is 1. The van der Waals surface area contributed by atoms with Gasteiger partial charge in [-0.25, -0.2) is 9.82 Å². The van der Waals surface area contributed by atoms with Gasteiger partial charge in [-0.2, -0.15) is 10.1 Å². The van der Waals surface area contributed by atoms with Crippen LogP contribution in [0.4, 0.5) is 4.39 Å². The second-order valence-corrected chi connectivity index (χ2v) is 7.17. The lowest BCUT2D eigenvalue weighted by atomic mass is 10.2. The predicted octanol–water partition coefficient (Wildman–Crippen LogP) is 4.52. The van der Waals surface area contributed by atoms with E-state index >= 15 is 0 Å². The number of halogens is 4. The molecule has 27 heavy (non-hydrogen) atoms. The fourth-order valence-corrected chi connectivity index (χ4v) is 3.47. The molecular weight excluding hydrogens is 510 g/mol. The predicted molar refractivity (Wildman–Crippen MR) is 103 cm³/mol. The standard InChI is InChI=1S/C16H8Br2ClFN4O3/c17-8-4-7(5-9(18)13(8)25)6-21-23-15(26)16-22-14(24-27-16)12-10(19)2-1-3-11(12)20/h1-6,25H,(H,23,26)/b21-6+. The first kappa shape index (κ1) is 19.5. The average molecular weight is 519 g/mol. The van der Waals surface area contributed by atoms with Gasteiger partial charge in [0.05, 0.1) is 25.7 Å². The van der Waals surface area contributed by atoms with Crippen LogP contribution in [0.15, 0.2) is 48.9 Å². The highest BCUT2D eigenvalue weighted by Gasteiger charge is 2.19. The summed E-state index contributed by atoms with van der Waals surface area (Å²) in [4.78, 5) is 15.9. The van der Waals surface area contributed by atoms with Crippen LogP contribution in [0.3, 0.4) is 0 Å². The Morgan fingerprint density at radius 3 is 2.70 bits per heavy atom. The molecular formula is C16H8Br2ClFN4O3. The molecule has 3 rings (SSSR count). The molecule has 7 nitrogen and oxygen atoms in total. The number of phenols is 1. The molecule has 0 saturated carbocycles. The highest BCUT2D eigenvalue weighted by molar-refractivity contribution is 9.11. The van der Waals surface area contributed by atoms with Crippen LogP contribution in [0.5, 0.6) is 5.75 Å². The fourth-order valence-electron chi connectivity index (χ4n) is 2.00. The zero-order valence-corrected chi connectivity index (χ0v) is 17.0. The summed E-state index contributed by atoms with van der Waals surface area (Å²) < 4.78 is 19.6. The number of benzene rings is 2. The summed E-state index contributed by atoms with van der Waals surface area (Å²) in [5.41, 5.74) is 2.74. The van der Waals surface area contributed by atoms with Gasteiger partial charge in [0.2, 0.25) is 5.82 Å². The molecule has 3 aromatic rings. The van der Waals surface area contributed by atoms with Gasteiger partial charge in [-0.3, -0.25) is 4.79 Å². The van der Waals surface area contributed by atoms with Gasteiger partial charge in [0.15, 0.2) is 0 Å². The van der Waals surface area contributed by atoms with Gasteiger partial charge in [0.1, 0.15) is 11.6 Å². The number of aromatic hydroxyl groups is 1. The Balaban J connectivity index is 1.74. The van der Waals surface area contributed by atoms with E-state index in [9.17, 15) is 14.3 Å². The van der Waals surface area contributed by atoms with Crippen molar-refractivity contribution in [1.29, 1.82) is 0 Å². The first-order valence-electron chi connectivity index (χ1n) is 7.16. The van der Waals surface area contributed by atoms with Crippen molar-refractivity contribution in [2.45, 2.75) is 0 Å². The van der Waals surface area contributed by atoms with Crippen molar-refractivity contribution in [3.8, 4) is 17.1 Å². The number of hydrazone groups is 1. The summed E-state index contributed by atoms with van der Waals surface area (Å²) in [5, 5.41) is 17.1. The van der Waals surface area contributed by atoms with Crippen molar-refractivity contribution >= 4 is 55.6 Å². The molecule has 1 amide bonds. The van der Waals surface area contributed by atoms with E-state index in [0.29, 0.717) is 14.5 Å². The minimum absolute atomic E-state index is 0.0429. The van der Waals surface area contributed by atoms with Gasteiger partial charge in [-0.05, 0) is 61.7 Å². The summed E-state index contributed by atoms with van der Waals surface area (Å²) >= 11 is 12.3. The van der Waals surface area contributed by atoms with E-state index in [0.717, 1.165) is 0 Å². The van der Waals surface area contributed by atoms with Gasteiger partial charge >= 0.3 is 11.8 Å². The van der Waals surface area contributed by atoms with Crippen molar-refractivity contribution in [3.63, 3.8) is 0 Å². The van der Waals surface area contributed by atoms with E-state index in [1.807, 2.05) is 0 Å².